The van der Waals surface area contributed by atoms with Gasteiger partial charge in [0.25, 0.3) is 5.91 Å². The summed E-state index contributed by atoms with van der Waals surface area (Å²) in [6.07, 6.45) is -4.80. The van der Waals surface area contributed by atoms with E-state index in [0.29, 0.717) is 35.7 Å². The number of anilines is 2. The van der Waals surface area contributed by atoms with E-state index in [0.717, 1.165) is 17.6 Å². The molecule has 168 valence electrons. The van der Waals surface area contributed by atoms with Gasteiger partial charge in [0.05, 0.1) is 17.6 Å². The third kappa shape index (κ3) is 4.59. The highest BCUT2D eigenvalue weighted by Gasteiger charge is 2.31. The van der Waals surface area contributed by atoms with Crippen LogP contribution in [-0.2, 0) is 11.8 Å². The predicted molar refractivity (Wildman–Crippen MR) is 109 cm³/mol. The van der Waals surface area contributed by atoms with Gasteiger partial charge in [-0.05, 0) is 30.3 Å². The van der Waals surface area contributed by atoms with Crippen molar-refractivity contribution in [3.8, 4) is 5.75 Å². The summed E-state index contributed by atoms with van der Waals surface area (Å²) in [6.45, 7) is 0.788. The van der Waals surface area contributed by atoms with Gasteiger partial charge in [-0.15, -0.1) is 13.2 Å². The molecule has 0 aliphatic heterocycles. The molecule has 32 heavy (non-hydrogen) atoms. The zero-order chi connectivity index (χ0) is 22.9. The molecule has 4 aromatic rings. The SMILES string of the molecule is COCCNC(=O)c1ccc2c(c1)nc(Nc1nc3ccc(OC(F)(F)F)cc3o1)n2C. The number of methoxy groups -OCH3 is 1. The molecule has 0 saturated heterocycles. The maximum Gasteiger partial charge on any atom is 0.573 e. The van der Waals surface area contributed by atoms with Gasteiger partial charge in [0, 0.05) is 32.3 Å². The normalized spacial score (nSPS) is 11.8. The van der Waals surface area contributed by atoms with Gasteiger partial charge >= 0.3 is 12.4 Å². The van der Waals surface area contributed by atoms with Crippen molar-refractivity contribution in [1.82, 2.24) is 19.9 Å². The number of aryl methyl sites for hydroxylation is 1. The monoisotopic (exact) mass is 449 g/mol. The number of ether oxygens (including phenoxy) is 2. The van der Waals surface area contributed by atoms with Gasteiger partial charge in [-0.3, -0.25) is 10.1 Å². The molecule has 0 bridgehead atoms. The van der Waals surface area contributed by atoms with Crippen LogP contribution in [0, 0.1) is 0 Å². The number of imidazole rings is 1. The smallest absolute Gasteiger partial charge is 0.423 e. The van der Waals surface area contributed by atoms with Crippen LogP contribution in [0.4, 0.5) is 25.1 Å². The number of hydrogen-bond donors (Lipinski definition) is 2. The van der Waals surface area contributed by atoms with Crippen LogP contribution >= 0.6 is 0 Å². The van der Waals surface area contributed by atoms with Gasteiger partial charge in [-0.2, -0.15) is 4.98 Å². The van der Waals surface area contributed by atoms with Gasteiger partial charge < -0.3 is 23.8 Å². The highest BCUT2D eigenvalue weighted by atomic mass is 19.4. The maximum absolute atomic E-state index is 12.4. The minimum Gasteiger partial charge on any atom is -0.423 e. The standard InChI is InChI=1S/C20H18F3N5O4/c1-28-15-6-3-11(17(29)24-7-8-30-2)9-14(15)25-18(28)27-19-26-13-5-4-12(10-16(13)31-19)32-20(21,22)23/h3-6,9-10H,7-8H2,1-2H3,(H,24,29)(H,25,26,27). The minimum absolute atomic E-state index is 0.0418. The Morgan fingerprint density at radius 3 is 2.72 bits per heavy atom. The van der Waals surface area contributed by atoms with E-state index in [4.69, 9.17) is 9.15 Å². The minimum atomic E-state index is -4.80. The first-order valence-electron chi connectivity index (χ1n) is 9.40. The summed E-state index contributed by atoms with van der Waals surface area (Å²) in [6, 6.07) is 8.73. The molecule has 0 aliphatic carbocycles. The van der Waals surface area contributed by atoms with Gasteiger partial charge in [-0.1, -0.05) is 0 Å². The number of carbonyl (C=O) groups is 1. The highest BCUT2D eigenvalue weighted by Crippen LogP contribution is 2.29. The molecule has 9 nitrogen and oxygen atoms in total. The second-order valence-corrected chi connectivity index (χ2v) is 6.77. The first-order valence-corrected chi connectivity index (χ1v) is 9.40. The van der Waals surface area contributed by atoms with Crippen LogP contribution < -0.4 is 15.4 Å². The molecule has 4 rings (SSSR count). The van der Waals surface area contributed by atoms with Crippen LogP contribution in [0.3, 0.4) is 0 Å². The molecule has 12 heteroatoms. The van der Waals surface area contributed by atoms with Crippen molar-refractivity contribution in [1.29, 1.82) is 0 Å². The summed E-state index contributed by atoms with van der Waals surface area (Å²) in [5.41, 5.74) is 2.21. The molecule has 0 fully saturated rings. The maximum atomic E-state index is 12.4. The molecule has 2 aromatic carbocycles. The Balaban J connectivity index is 1.56. The Kier molecular flexibility index (Phi) is 5.61. The summed E-state index contributed by atoms with van der Waals surface area (Å²) < 4.78 is 53.3. The van der Waals surface area contributed by atoms with Crippen molar-refractivity contribution in [2.45, 2.75) is 6.36 Å². The van der Waals surface area contributed by atoms with Crippen LogP contribution in [0.15, 0.2) is 40.8 Å². The van der Waals surface area contributed by atoms with Crippen LogP contribution in [0.1, 0.15) is 10.4 Å². The number of hydrogen-bond acceptors (Lipinski definition) is 7. The van der Waals surface area contributed by atoms with Gasteiger partial charge in [0.2, 0.25) is 5.95 Å². The lowest BCUT2D eigenvalue weighted by molar-refractivity contribution is -0.274. The summed E-state index contributed by atoms with van der Waals surface area (Å²) >= 11 is 0. The Morgan fingerprint density at radius 2 is 1.97 bits per heavy atom. The second kappa shape index (κ2) is 8.38. The summed E-state index contributed by atoms with van der Waals surface area (Å²) in [7, 11) is 3.31. The van der Waals surface area contributed by atoms with E-state index < -0.39 is 12.1 Å². The molecule has 2 N–H and O–H groups in total. The fourth-order valence-corrected chi connectivity index (χ4v) is 3.07. The number of fused-ring (bicyclic) bond motifs is 2. The lowest BCUT2D eigenvalue weighted by Crippen LogP contribution is -2.26. The van der Waals surface area contributed by atoms with Crippen molar-refractivity contribution in [2.75, 3.05) is 25.6 Å². The number of rotatable bonds is 7. The van der Waals surface area contributed by atoms with Crippen LogP contribution in [0.2, 0.25) is 0 Å². The molecule has 2 heterocycles. The van der Waals surface area contributed by atoms with Crippen molar-refractivity contribution < 1.29 is 31.9 Å². The molecule has 0 radical (unpaired) electrons. The molecule has 1 amide bonds. The Morgan fingerprint density at radius 1 is 1.16 bits per heavy atom. The van der Waals surface area contributed by atoms with Crippen molar-refractivity contribution in [3.05, 3.63) is 42.0 Å². The van der Waals surface area contributed by atoms with Crippen LogP contribution in [0.25, 0.3) is 22.1 Å². The lowest BCUT2D eigenvalue weighted by atomic mass is 10.2. The van der Waals surface area contributed by atoms with Crippen LogP contribution in [0.5, 0.6) is 5.75 Å². The summed E-state index contributed by atoms with van der Waals surface area (Å²) in [4.78, 5) is 20.9. The Labute approximate surface area is 179 Å². The molecular formula is C20H18F3N5O4. The third-order valence-corrected chi connectivity index (χ3v) is 4.55. The van der Waals surface area contributed by atoms with Gasteiger partial charge in [0.1, 0.15) is 11.3 Å². The highest BCUT2D eigenvalue weighted by molar-refractivity contribution is 5.97. The van der Waals surface area contributed by atoms with Gasteiger partial charge in [-0.25, -0.2) is 4.98 Å². The topological polar surface area (TPSA) is 103 Å². The van der Waals surface area contributed by atoms with Crippen molar-refractivity contribution in [2.24, 2.45) is 7.05 Å². The molecule has 0 spiro atoms. The number of nitrogens with zero attached hydrogens (tertiary/aromatic N) is 3. The molecule has 2 aromatic heterocycles. The number of aromatic nitrogens is 3. The largest absolute Gasteiger partial charge is 0.573 e. The van der Waals surface area contributed by atoms with E-state index in [1.807, 2.05) is 0 Å². The van der Waals surface area contributed by atoms with E-state index in [9.17, 15) is 18.0 Å². The van der Waals surface area contributed by atoms with E-state index in [1.165, 1.54) is 6.07 Å². The Hall–Kier alpha value is -3.80. The predicted octanol–water partition coefficient (Wildman–Crippen LogP) is 3.73. The first kappa shape index (κ1) is 21.4. The van der Waals surface area contributed by atoms with Crippen LogP contribution in [-0.4, -0.2) is 47.1 Å². The third-order valence-electron chi connectivity index (χ3n) is 4.55. The summed E-state index contributed by atoms with van der Waals surface area (Å²) in [5.74, 6) is -0.290. The van der Waals surface area contributed by atoms with Crippen molar-refractivity contribution in [3.63, 3.8) is 0 Å². The first-order chi connectivity index (χ1) is 15.2. The number of halogens is 3. The molecule has 0 aliphatic rings. The number of benzene rings is 2. The number of nitrogens with one attached hydrogen (secondary N) is 2. The molecule has 0 saturated carbocycles. The molecule has 0 atom stereocenters. The average molecular weight is 449 g/mol. The number of amides is 1. The van der Waals surface area contributed by atoms with Crippen molar-refractivity contribution >= 4 is 40.0 Å². The summed E-state index contributed by atoms with van der Waals surface area (Å²) in [5, 5.41) is 5.64. The second-order valence-electron chi connectivity index (χ2n) is 6.77. The van der Waals surface area contributed by atoms with E-state index in [1.54, 1.807) is 36.9 Å². The Bertz CT molecular complexity index is 1280. The number of oxazole rings is 1. The number of carbonyl (C=O) groups excluding carboxylic acids is 1. The zero-order valence-electron chi connectivity index (χ0n) is 17.0. The average Bonchev–Trinajstić information content (AvgIpc) is 3.26. The van der Waals surface area contributed by atoms with Gasteiger partial charge in [0.15, 0.2) is 5.58 Å². The fourth-order valence-electron chi connectivity index (χ4n) is 3.07. The van der Waals surface area contributed by atoms with E-state index in [-0.39, 0.29) is 17.5 Å². The van der Waals surface area contributed by atoms with E-state index in [2.05, 4.69) is 25.3 Å². The molecular weight excluding hydrogens is 431 g/mol. The fraction of sp³-hybridized carbons (Fsp3) is 0.250. The zero-order valence-corrected chi connectivity index (χ0v) is 17.0. The lowest BCUT2D eigenvalue weighted by Gasteiger charge is -2.07. The van der Waals surface area contributed by atoms with E-state index >= 15 is 0 Å². The number of alkyl halides is 3. The molecule has 0 unspecified atom stereocenters. The quantitative estimate of drug-likeness (QED) is 0.415.